The van der Waals surface area contributed by atoms with Gasteiger partial charge in [0, 0.05) is 15.5 Å². The standard InChI is InChI=1S/C15H11ClF2OS/c1-9(15(19)10-2-4-11(16)5-3-10)20-14-8-12(17)6-7-13(14)18/h2-9H,1H3. The maximum absolute atomic E-state index is 13.5. The molecule has 0 saturated heterocycles. The molecule has 5 heteroatoms. The van der Waals surface area contributed by atoms with Crippen molar-refractivity contribution in [2.45, 2.75) is 17.1 Å². The van der Waals surface area contributed by atoms with Crippen molar-refractivity contribution in [1.82, 2.24) is 0 Å². The summed E-state index contributed by atoms with van der Waals surface area (Å²) in [5.41, 5.74) is 0.492. The van der Waals surface area contributed by atoms with Crippen molar-refractivity contribution in [1.29, 1.82) is 0 Å². The topological polar surface area (TPSA) is 17.1 Å². The average molecular weight is 313 g/mol. The zero-order valence-corrected chi connectivity index (χ0v) is 12.1. The smallest absolute Gasteiger partial charge is 0.175 e. The molecule has 104 valence electrons. The molecule has 2 aromatic rings. The second-order valence-electron chi connectivity index (χ2n) is 4.21. The predicted octanol–water partition coefficient (Wildman–Crippen LogP) is 4.98. The van der Waals surface area contributed by atoms with E-state index < -0.39 is 16.9 Å². The molecule has 1 unspecified atom stereocenters. The summed E-state index contributed by atoms with van der Waals surface area (Å²) >= 11 is 6.75. The Morgan fingerprint density at radius 1 is 1.15 bits per heavy atom. The van der Waals surface area contributed by atoms with Crippen LogP contribution in [0.2, 0.25) is 5.02 Å². The third kappa shape index (κ3) is 3.58. The van der Waals surface area contributed by atoms with E-state index in [2.05, 4.69) is 0 Å². The Hall–Kier alpha value is -1.39. The number of Topliss-reactive ketones (excluding diaryl/α,β-unsaturated/α-hetero) is 1. The lowest BCUT2D eigenvalue weighted by atomic mass is 10.1. The molecule has 0 saturated carbocycles. The summed E-state index contributed by atoms with van der Waals surface area (Å²) < 4.78 is 26.6. The van der Waals surface area contributed by atoms with E-state index in [1.165, 1.54) is 0 Å². The number of ketones is 1. The first-order chi connectivity index (χ1) is 9.47. The van der Waals surface area contributed by atoms with Crippen LogP contribution in [0.4, 0.5) is 8.78 Å². The van der Waals surface area contributed by atoms with Crippen molar-refractivity contribution in [2.75, 3.05) is 0 Å². The van der Waals surface area contributed by atoms with Gasteiger partial charge in [-0.05, 0) is 49.4 Å². The van der Waals surface area contributed by atoms with Crippen molar-refractivity contribution in [3.05, 3.63) is 64.7 Å². The predicted molar refractivity (Wildman–Crippen MR) is 77.5 cm³/mol. The van der Waals surface area contributed by atoms with Gasteiger partial charge in [0.1, 0.15) is 11.6 Å². The number of hydrogen-bond acceptors (Lipinski definition) is 2. The quantitative estimate of drug-likeness (QED) is 0.585. The van der Waals surface area contributed by atoms with Crippen LogP contribution in [-0.4, -0.2) is 11.0 Å². The molecule has 0 spiro atoms. The number of rotatable bonds is 4. The van der Waals surface area contributed by atoms with Crippen LogP contribution in [0.3, 0.4) is 0 Å². The van der Waals surface area contributed by atoms with Gasteiger partial charge in [0.25, 0.3) is 0 Å². The first-order valence-corrected chi connectivity index (χ1v) is 7.14. The van der Waals surface area contributed by atoms with Crippen LogP contribution in [0.1, 0.15) is 17.3 Å². The average Bonchev–Trinajstić information content (AvgIpc) is 2.43. The minimum atomic E-state index is -0.535. The molecule has 0 aromatic heterocycles. The van der Waals surface area contributed by atoms with Crippen LogP contribution in [0.15, 0.2) is 47.4 Å². The molecular formula is C15H11ClF2OS. The molecule has 0 amide bonds. The van der Waals surface area contributed by atoms with Gasteiger partial charge in [-0.25, -0.2) is 8.78 Å². The van der Waals surface area contributed by atoms with E-state index in [0.717, 1.165) is 30.0 Å². The molecule has 0 radical (unpaired) electrons. The number of halogens is 3. The largest absolute Gasteiger partial charge is 0.293 e. The highest BCUT2D eigenvalue weighted by atomic mass is 35.5. The van der Waals surface area contributed by atoms with Gasteiger partial charge in [0.15, 0.2) is 5.78 Å². The lowest BCUT2D eigenvalue weighted by Gasteiger charge is -2.11. The number of carbonyl (C=O) groups is 1. The zero-order chi connectivity index (χ0) is 14.7. The van der Waals surface area contributed by atoms with Crippen molar-refractivity contribution in [3.63, 3.8) is 0 Å². The fraction of sp³-hybridized carbons (Fsp3) is 0.133. The second kappa shape index (κ2) is 6.37. The fourth-order valence-corrected chi connectivity index (χ4v) is 2.77. The maximum Gasteiger partial charge on any atom is 0.175 e. The van der Waals surface area contributed by atoms with Gasteiger partial charge in [-0.15, -0.1) is 11.8 Å². The summed E-state index contributed by atoms with van der Waals surface area (Å²) in [5.74, 6) is -1.22. The minimum Gasteiger partial charge on any atom is -0.293 e. The molecule has 0 bridgehead atoms. The Morgan fingerprint density at radius 3 is 2.45 bits per heavy atom. The Balaban J connectivity index is 2.15. The Morgan fingerprint density at radius 2 is 1.80 bits per heavy atom. The number of carbonyl (C=O) groups excluding carboxylic acids is 1. The molecule has 0 heterocycles. The molecule has 0 fully saturated rings. The van der Waals surface area contributed by atoms with E-state index in [-0.39, 0.29) is 10.7 Å². The lowest BCUT2D eigenvalue weighted by Crippen LogP contribution is -2.13. The van der Waals surface area contributed by atoms with Crippen LogP contribution in [0.5, 0.6) is 0 Å². The Bertz CT molecular complexity index is 628. The van der Waals surface area contributed by atoms with Gasteiger partial charge in [-0.1, -0.05) is 11.6 Å². The second-order valence-corrected chi connectivity index (χ2v) is 6.03. The summed E-state index contributed by atoms with van der Waals surface area (Å²) in [5, 5.41) is 0.0190. The Kier molecular flexibility index (Phi) is 4.78. The van der Waals surface area contributed by atoms with Crippen LogP contribution in [0, 0.1) is 11.6 Å². The van der Waals surface area contributed by atoms with Crippen molar-refractivity contribution in [3.8, 4) is 0 Å². The van der Waals surface area contributed by atoms with Gasteiger partial charge < -0.3 is 0 Å². The zero-order valence-electron chi connectivity index (χ0n) is 10.6. The highest BCUT2D eigenvalue weighted by molar-refractivity contribution is 8.00. The monoisotopic (exact) mass is 312 g/mol. The normalized spacial score (nSPS) is 12.2. The van der Waals surface area contributed by atoms with Crippen molar-refractivity contribution >= 4 is 29.1 Å². The molecule has 0 aliphatic heterocycles. The van der Waals surface area contributed by atoms with Crippen LogP contribution < -0.4 is 0 Å². The van der Waals surface area contributed by atoms with Gasteiger partial charge in [0.2, 0.25) is 0 Å². The molecule has 0 N–H and O–H groups in total. The molecule has 0 aliphatic carbocycles. The summed E-state index contributed by atoms with van der Waals surface area (Å²) in [4.78, 5) is 12.3. The van der Waals surface area contributed by atoms with Gasteiger partial charge in [-0.3, -0.25) is 4.79 Å². The number of hydrogen-bond donors (Lipinski definition) is 0. The third-order valence-electron chi connectivity index (χ3n) is 2.69. The molecular weight excluding hydrogens is 302 g/mol. The van der Waals surface area contributed by atoms with Crippen LogP contribution in [-0.2, 0) is 0 Å². The van der Waals surface area contributed by atoms with E-state index in [4.69, 9.17) is 11.6 Å². The first kappa shape index (κ1) is 15.0. The molecule has 1 atom stereocenters. The van der Waals surface area contributed by atoms with Crippen LogP contribution in [0.25, 0.3) is 0 Å². The molecule has 1 nitrogen and oxygen atoms in total. The molecule has 20 heavy (non-hydrogen) atoms. The van der Waals surface area contributed by atoms with Gasteiger partial charge in [-0.2, -0.15) is 0 Å². The van der Waals surface area contributed by atoms with Crippen LogP contribution >= 0.6 is 23.4 Å². The Labute approximate surface area is 125 Å². The van der Waals surface area contributed by atoms with Gasteiger partial charge in [0.05, 0.1) is 5.25 Å². The highest BCUT2D eigenvalue weighted by Crippen LogP contribution is 2.28. The van der Waals surface area contributed by atoms with E-state index >= 15 is 0 Å². The first-order valence-electron chi connectivity index (χ1n) is 5.89. The summed E-state index contributed by atoms with van der Waals surface area (Å²) in [6, 6.07) is 9.66. The molecule has 0 aliphatic rings. The minimum absolute atomic E-state index is 0.125. The van der Waals surface area contributed by atoms with E-state index in [1.54, 1.807) is 31.2 Å². The fourth-order valence-electron chi connectivity index (χ4n) is 1.66. The van der Waals surface area contributed by atoms with Crippen molar-refractivity contribution in [2.24, 2.45) is 0 Å². The lowest BCUT2D eigenvalue weighted by molar-refractivity contribution is 0.0994. The SMILES string of the molecule is CC(Sc1cc(F)ccc1F)C(=O)c1ccc(Cl)cc1. The van der Waals surface area contributed by atoms with E-state index in [1.807, 2.05) is 0 Å². The van der Waals surface area contributed by atoms with E-state index in [0.29, 0.717) is 10.6 Å². The van der Waals surface area contributed by atoms with Crippen molar-refractivity contribution < 1.29 is 13.6 Å². The molecule has 2 rings (SSSR count). The summed E-state index contributed by atoms with van der Waals surface area (Å²) in [7, 11) is 0. The summed E-state index contributed by atoms with van der Waals surface area (Å²) in [6.07, 6.45) is 0. The number of benzene rings is 2. The van der Waals surface area contributed by atoms with E-state index in [9.17, 15) is 13.6 Å². The molecule has 2 aromatic carbocycles. The van der Waals surface area contributed by atoms with Gasteiger partial charge >= 0.3 is 0 Å². The maximum atomic E-state index is 13.5. The summed E-state index contributed by atoms with van der Waals surface area (Å²) in [6.45, 7) is 1.66. The highest BCUT2D eigenvalue weighted by Gasteiger charge is 2.18. The third-order valence-corrected chi connectivity index (χ3v) is 4.08. The number of thioether (sulfide) groups is 1.